The van der Waals surface area contributed by atoms with E-state index in [0.29, 0.717) is 0 Å². The number of nitriles is 1. The predicted octanol–water partition coefficient (Wildman–Crippen LogP) is 4.69. The van der Waals surface area contributed by atoms with Gasteiger partial charge < -0.3 is 10.4 Å². The standard InChI is InChI=1S/C26H22IN5O3/c27-16-29-21-7-4-17(5-8-21)12-25(34)32-11-10-22-19(2-1-3-23(22)32)15-30-31-26(35)18-6-9-24(33)20(13-18)14-28/h1-5,7-11,13,15,18,29,33H,6,12,16H2,(H,31,35)/b30-15+. The number of amides is 1. The molecule has 0 saturated carbocycles. The highest BCUT2D eigenvalue weighted by molar-refractivity contribution is 14.1. The summed E-state index contributed by atoms with van der Waals surface area (Å²) in [5.74, 6) is -1.13. The summed E-state index contributed by atoms with van der Waals surface area (Å²) in [7, 11) is 0. The van der Waals surface area contributed by atoms with E-state index in [2.05, 4.69) is 38.4 Å². The van der Waals surface area contributed by atoms with Crippen LogP contribution in [0.15, 0.2) is 83.3 Å². The maximum absolute atomic E-state index is 13.0. The lowest BCUT2D eigenvalue weighted by Gasteiger charge is -2.13. The Bertz CT molecular complexity index is 1400. The highest BCUT2D eigenvalue weighted by Gasteiger charge is 2.21. The van der Waals surface area contributed by atoms with Gasteiger partial charge in [0, 0.05) is 22.8 Å². The summed E-state index contributed by atoms with van der Waals surface area (Å²) >= 11 is 2.24. The normalized spacial score (nSPS) is 15.4. The van der Waals surface area contributed by atoms with Gasteiger partial charge in [0.15, 0.2) is 0 Å². The lowest BCUT2D eigenvalue weighted by molar-refractivity contribution is -0.123. The number of hydrogen-bond acceptors (Lipinski definition) is 6. The van der Waals surface area contributed by atoms with Gasteiger partial charge >= 0.3 is 0 Å². The number of carbonyl (C=O) groups is 2. The van der Waals surface area contributed by atoms with Crippen molar-refractivity contribution in [3.63, 3.8) is 0 Å². The molecule has 176 valence electrons. The van der Waals surface area contributed by atoms with E-state index >= 15 is 0 Å². The van der Waals surface area contributed by atoms with Gasteiger partial charge in [0.2, 0.25) is 11.8 Å². The molecule has 1 aliphatic carbocycles. The van der Waals surface area contributed by atoms with Crippen LogP contribution in [0.3, 0.4) is 0 Å². The maximum Gasteiger partial charge on any atom is 0.247 e. The maximum atomic E-state index is 13.0. The number of nitrogens with one attached hydrogen (secondary N) is 2. The Morgan fingerprint density at radius 2 is 2.03 bits per heavy atom. The number of alkyl halides is 1. The van der Waals surface area contributed by atoms with E-state index in [9.17, 15) is 14.7 Å². The van der Waals surface area contributed by atoms with Crippen LogP contribution in [-0.2, 0) is 11.2 Å². The predicted molar refractivity (Wildman–Crippen MR) is 143 cm³/mol. The molecule has 4 rings (SSSR count). The van der Waals surface area contributed by atoms with Crippen molar-refractivity contribution in [3.8, 4) is 6.07 Å². The zero-order chi connectivity index (χ0) is 24.8. The van der Waals surface area contributed by atoms with Gasteiger partial charge in [0.1, 0.15) is 11.8 Å². The molecule has 3 aromatic rings. The average Bonchev–Trinajstić information content (AvgIpc) is 3.31. The first-order valence-corrected chi connectivity index (χ1v) is 12.4. The Labute approximate surface area is 215 Å². The lowest BCUT2D eigenvalue weighted by Crippen LogP contribution is -2.26. The largest absolute Gasteiger partial charge is 0.507 e. The van der Waals surface area contributed by atoms with Gasteiger partial charge in [0.25, 0.3) is 0 Å². The van der Waals surface area contributed by atoms with Crippen molar-refractivity contribution in [2.45, 2.75) is 12.8 Å². The van der Waals surface area contributed by atoms with E-state index in [-0.39, 0.29) is 36.0 Å². The number of aliphatic hydroxyl groups is 1. The molecular formula is C26H22IN5O3. The van der Waals surface area contributed by atoms with E-state index in [1.54, 1.807) is 10.8 Å². The minimum absolute atomic E-state index is 0.0503. The first-order chi connectivity index (χ1) is 17.0. The highest BCUT2D eigenvalue weighted by Crippen LogP contribution is 2.22. The summed E-state index contributed by atoms with van der Waals surface area (Å²) in [5, 5.41) is 26.8. The monoisotopic (exact) mass is 579 g/mol. The number of rotatable bonds is 7. The van der Waals surface area contributed by atoms with Crippen LogP contribution in [-0.4, -0.2) is 32.3 Å². The van der Waals surface area contributed by atoms with E-state index < -0.39 is 5.92 Å². The fourth-order valence-corrected chi connectivity index (χ4v) is 4.27. The molecule has 1 atom stereocenters. The van der Waals surface area contributed by atoms with Crippen LogP contribution >= 0.6 is 22.6 Å². The number of halogens is 1. The molecule has 8 nitrogen and oxygen atoms in total. The van der Waals surface area contributed by atoms with Crippen molar-refractivity contribution in [3.05, 3.63) is 89.3 Å². The van der Waals surface area contributed by atoms with Crippen molar-refractivity contribution >= 4 is 57.2 Å². The summed E-state index contributed by atoms with van der Waals surface area (Å²) in [4.78, 5) is 25.4. The van der Waals surface area contributed by atoms with Crippen molar-refractivity contribution in [1.82, 2.24) is 9.99 Å². The van der Waals surface area contributed by atoms with Crippen LogP contribution in [0.5, 0.6) is 0 Å². The smallest absolute Gasteiger partial charge is 0.247 e. The molecule has 1 heterocycles. The zero-order valence-corrected chi connectivity index (χ0v) is 20.8. The van der Waals surface area contributed by atoms with Gasteiger partial charge in [0.05, 0.1) is 34.2 Å². The Balaban J connectivity index is 1.45. The van der Waals surface area contributed by atoms with Gasteiger partial charge in [-0.15, -0.1) is 0 Å². The minimum atomic E-state index is -0.585. The number of nitrogens with zero attached hydrogens (tertiary/aromatic N) is 3. The molecule has 2 aromatic carbocycles. The average molecular weight is 579 g/mol. The molecule has 0 saturated heterocycles. The summed E-state index contributed by atoms with van der Waals surface area (Å²) in [6, 6.07) is 17.1. The number of carbonyl (C=O) groups excluding carboxylic acids is 2. The third-order valence-corrected chi connectivity index (χ3v) is 6.04. The third kappa shape index (κ3) is 5.60. The van der Waals surface area contributed by atoms with Gasteiger partial charge in [-0.3, -0.25) is 14.2 Å². The van der Waals surface area contributed by atoms with Crippen LogP contribution in [0.25, 0.3) is 10.9 Å². The van der Waals surface area contributed by atoms with Crippen molar-refractivity contribution in [2.24, 2.45) is 11.0 Å². The number of hydrogen-bond donors (Lipinski definition) is 3. The number of allylic oxidation sites excluding steroid dienone is 2. The summed E-state index contributed by atoms with van der Waals surface area (Å²) in [6.07, 6.45) is 6.70. The fraction of sp³-hybridized carbons (Fsp3) is 0.154. The van der Waals surface area contributed by atoms with Gasteiger partial charge in [-0.25, -0.2) is 5.43 Å². The fourth-order valence-electron chi connectivity index (χ4n) is 3.83. The number of benzene rings is 2. The molecule has 35 heavy (non-hydrogen) atoms. The molecule has 9 heteroatoms. The molecule has 1 aliphatic rings. The van der Waals surface area contributed by atoms with Crippen LogP contribution in [0, 0.1) is 17.2 Å². The van der Waals surface area contributed by atoms with Gasteiger partial charge in [-0.2, -0.15) is 10.4 Å². The molecule has 0 fully saturated rings. The molecule has 0 spiro atoms. The van der Waals surface area contributed by atoms with Crippen LogP contribution in [0.4, 0.5) is 5.69 Å². The number of anilines is 1. The molecule has 0 bridgehead atoms. The molecule has 3 N–H and O–H groups in total. The second kappa shape index (κ2) is 11.0. The first kappa shape index (κ1) is 24.2. The van der Waals surface area contributed by atoms with E-state index in [4.69, 9.17) is 5.26 Å². The summed E-state index contributed by atoms with van der Waals surface area (Å²) in [6.45, 7) is 0. The van der Waals surface area contributed by atoms with Crippen LogP contribution < -0.4 is 10.7 Å². The molecular weight excluding hydrogens is 557 g/mol. The zero-order valence-electron chi connectivity index (χ0n) is 18.6. The van der Waals surface area contributed by atoms with Crippen molar-refractivity contribution < 1.29 is 14.7 Å². The minimum Gasteiger partial charge on any atom is -0.507 e. The van der Waals surface area contributed by atoms with E-state index in [1.165, 1.54) is 18.4 Å². The quantitative estimate of drug-likeness (QED) is 0.123. The number of fused-ring (bicyclic) bond motifs is 1. The molecule has 0 radical (unpaired) electrons. The Hall–Kier alpha value is -3.91. The number of hydrazone groups is 1. The second-order valence-electron chi connectivity index (χ2n) is 7.90. The van der Waals surface area contributed by atoms with E-state index in [0.717, 1.165) is 32.3 Å². The van der Waals surface area contributed by atoms with E-state index in [1.807, 2.05) is 54.6 Å². The van der Waals surface area contributed by atoms with Crippen LogP contribution in [0.2, 0.25) is 0 Å². The van der Waals surface area contributed by atoms with Crippen LogP contribution in [0.1, 0.15) is 22.3 Å². The Morgan fingerprint density at radius 3 is 2.77 bits per heavy atom. The van der Waals surface area contributed by atoms with Crippen molar-refractivity contribution in [1.29, 1.82) is 5.26 Å². The molecule has 1 unspecified atom stereocenters. The second-order valence-corrected chi connectivity index (χ2v) is 8.66. The SMILES string of the molecule is N#CC1=CC(C(=O)N/N=C/c2cccc3c2ccn3C(=O)Cc2ccc(NCI)cc2)CC=C1O. The Morgan fingerprint density at radius 1 is 1.23 bits per heavy atom. The topological polar surface area (TPSA) is 120 Å². The highest BCUT2D eigenvalue weighted by atomic mass is 127. The first-order valence-electron chi connectivity index (χ1n) is 10.9. The van der Waals surface area contributed by atoms with Crippen molar-refractivity contribution in [2.75, 3.05) is 9.87 Å². The van der Waals surface area contributed by atoms with Gasteiger partial charge in [-0.1, -0.05) is 52.9 Å². The van der Waals surface area contributed by atoms with Gasteiger partial charge in [-0.05, 0) is 42.3 Å². The Kier molecular flexibility index (Phi) is 7.62. The number of aliphatic hydroxyl groups excluding tert-OH is 1. The number of aromatic nitrogens is 1. The third-order valence-electron chi connectivity index (χ3n) is 5.66. The summed E-state index contributed by atoms with van der Waals surface area (Å²) in [5.41, 5.74) is 6.00. The molecule has 1 aromatic heterocycles. The lowest BCUT2D eigenvalue weighted by atomic mass is 9.95. The summed E-state index contributed by atoms with van der Waals surface area (Å²) < 4.78 is 2.43. The molecule has 0 aliphatic heterocycles. The molecule has 1 amide bonds.